The zero-order valence-corrected chi connectivity index (χ0v) is 10.3. The first-order valence-corrected chi connectivity index (χ1v) is 4.75. The van der Waals surface area contributed by atoms with Gasteiger partial charge in [-0.2, -0.15) is 0 Å². The molecule has 0 spiro atoms. The molecule has 0 radical (unpaired) electrons. The van der Waals surface area contributed by atoms with Gasteiger partial charge in [0.15, 0.2) is 0 Å². The maximum Gasteiger partial charge on any atom is 0.257 e. The topological polar surface area (TPSA) is 26.0 Å². The van der Waals surface area contributed by atoms with Crippen molar-refractivity contribution in [2.24, 2.45) is 5.73 Å². The highest BCUT2D eigenvalue weighted by molar-refractivity contribution is 6.44. The van der Waals surface area contributed by atoms with E-state index >= 15 is 0 Å². The summed E-state index contributed by atoms with van der Waals surface area (Å²) in [5.74, 6) is 0. The summed E-state index contributed by atoms with van der Waals surface area (Å²) in [6.45, 7) is 0. The lowest BCUT2D eigenvalue weighted by atomic mass is 10.1. The summed E-state index contributed by atoms with van der Waals surface area (Å²) in [7, 11) is 0. The normalized spacial score (nSPS) is 12.5. The molecule has 0 unspecified atom stereocenters. The fourth-order valence-corrected chi connectivity index (χ4v) is 1.76. The molecule has 0 saturated heterocycles. The van der Waals surface area contributed by atoms with E-state index in [1.54, 1.807) is 0 Å². The van der Waals surface area contributed by atoms with Gasteiger partial charge in [-0.1, -0.05) is 34.8 Å². The highest BCUT2D eigenvalue weighted by Gasteiger charge is 2.24. The van der Waals surface area contributed by atoms with Crippen LogP contribution in [0.3, 0.4) is 0 Å². The number of hydrogen-bond acceptors (Lipinski definition) is 1. The summed E-state index contributed by atoms with van der Waals surface area (Å²) in [5.41, 5.74) is 5.21. The third kappa shape index (κ3) is 3.33. The Balaban J connectivity index is 0.00000196. The number of hydrogen-bond donors (Lipinski definition) is 1. The molecule has 0 bridgehead atoms. The van der Waals surface area contributed by atoms with Gasteiger partial charge in [0.05, 0.1) is 16.1 Å². The maximum atomic E-state index is 12.3. The largest absolute Gasteiger partial charge is 0.319 e. The summed E-state index contributed by atoms with van der Waals surface area (Å²) < 4.78 is 24.6. The third-order valence-corrected chi connectivity index (χ3v) is 2.83. The van der Waals surface area contributed by atoms with Gasteiger partial charge in [-0.3, -0.25) is 0 Å². The van der Waals surface area contributed by atoms with E-state index in [1.165, 1.54) is 12.1 Å². The van der Waals surface area contributed by atoms with Crippen LogP contribution in [-0.4, -0.2) is 6.43 Å². The molecule has 0 saturated carbocycles. The van der Waals surface area contributed by atoms with Crippen LogP contribution >= 0.6 is 47.2 Å². The first-order chi connectivity index (χ1) is 6.45. The van der Waals surface area contributed by atoms with E-state index in [0.717, 1.165) is 0 Å². The second-order valence-electron chi connectivity index (χ2n) is 2.62. The molecule has 0 amide bonds. The molecule has 0 aromatic heterocycles. The van der Waals surface area contributed by atoms with Crippen molar-refractivity contribution in [3.63, 3.8) is 0 Å². The Hall–Kier alpha value is 0.200. The van der Waals surface area contributed by atoms with Crippen molar-refractivity contribution in [1.29, 1.82) is 0 Å². The Morgan fingerprint density at radius 3 is 2.00 bits per heavy atom. The van der Waals surface area contributed by atoms with Crippen LogP contribution in [0.25, 0.3) is 0 Å². The number of benzene rings is 1. The smallest absolute Gasteiger partial charge is 0.257 e. The van der Waals surface area contributed by atoms with Gasteiger partial charge in [-0.15, -0.1) is 12.4 Å². The average Bonchev–Trinajstić information content (AvgIpc) is 2.12. The van der Waals surface area contributed by atoms with Gasteiger partial charge < -0.3 is 5.73 Å². The van der Waals surface area contributed by atoms with Crippen molar-refractivity contribution in [3.05, 3.63) is 32.8 Å². The predicted molar refractivity (Wildman–Crippen MR) is 61.7 cm³/mol. The standard InChI is InChI=1S/C8H6Cl3F2N.ClH/c9-3-1-2-4(10)6(11)5(3)7(14)8(12)13;/h1-2,7-8H,14H2;1H/t7-;/m1./s1. The Bertz CT molecular complexity index is 346. The van der Waals surface area contributed by atoms with Gasteiger partial charge in [0.25, 0.3) is 6.43 Å². The zero-order chi connectivity index (χ0) is 10.9. The van der Waals surface area contributed by atoms with Crippen LogP contribution < -0.4 is 5.73 Å². The van der Waals surface area contributed by atoms with Crippen molar-refractivity contribution in [3.8, 4) is 0 Å². The molecule has 0 aliphatic carbocycles. The van der Waals surface area contributed by atoms with Crippen LogP contribution in [0.4, 0.5) is 8.78 Å². The van der Waals surface area contributed by atoms with E-state index in [1.807, 2.05) is 0 Å². The second-order valence-corrected chi connectivity index (χ2v) is 3.81. The quantitative estimate of drug-likeness (QED) is 0.808. The van der Waals surface area contributed by atoms with Crippen LogP contribution in [0, 0.1) is 0 Å². The summed E-state index contributed by atoms with van der Waals surface area (Å²) >= 11 is 17.0. The minimum atomic E-state index is -2.73. The lowest BCUT2D eigenvalue weighted by Gasteiger charge is -2.14. The molecule has 1 aromatic rings. The predicted octanol–water partition coefficient (Wildman–Crippen LogP) is 4.33. The zero-order valence-electron chi connectivity index (χ0n) is 7.18. The molecule has 1 nitrogen and oxygen atoms in total. The lowest BCUT2D eigenvalue weighted by molar-refractivity contribution is 0.116. The molecule has 2 N–H and O–H groups in total. The summed E-state index contributed by atoms with van der Waals surface area (Å²) in [6.07, 6.45) is -2.73. The van der Waals surface area contributed by atoms with Crippen LogP contribution in [0.15, 0.2) is 12.1 Å². The first kappa shape index (κ1) is 15.2. The molecule has 0 heterocycles. The van der Waals surface area contributed by atoms with Crippen molar-refractivity contribution in [1.82, 2.24) is 0 Å². The molecule has 0 aliphatic heterocycles. The molecule has 15 heavy (non-hydrogen) atoms. The van der Waals surface area contributed by atoms with Crippen molar-refractivity contribution < 1.29 is 8.78 Å². The van der Waals surface area contributed by atoms with Crippen LogP contribution in [0.5, 0.6) is 0 Å². The highest BCUT2D eigenvalue weighted by Crippen LogP contribution is 2.36. The van der Waals surface area contributed by atoms with Gasteiger partial charge in [-0.05, 0) is 12.1 Å². The van der Waals surface area contributed by atoms with Crippen molar-refractivity contribution in [2.75, 3.05) is 0 Å². The minimum absolute atomic E-state index is 0. The Labute approximate surface area is 107 Å². The Morgan fingerprint density at radius 1 is 1.07 bits per heavy atom. The summed E-state index contributed by atoms with van der Waals surface area (Å²) in [4.78, 5) is 0. The molecule has 1 rings (SSSR count). The molecule has 7 heteroatoms. The van der Waals surface area contributed by atoms with Crippen LogP contribution in [-0.2, 0) is 0 Å². The lowest BCUT2D eigenvalue weighted by Crippen LogP contribution is -2.19. The van der Waals surface area contributed by atoms with Gasteiger partial charge in [0, 0.05) is 10.6 Å². The van der Waals surface area contributed by atoms with Gasteiger partial charge in [0.1, 0.15) is 0 Å². The number of nitrogens with two attached hydrogens (primary N) is 1. The van der Waals surface area contributed by atoms with Gasteiger partial charge in [0.2, 0.25) is 0 Å². The summed E-state index contributed by atoms with van der Waals surface area (Å²) in [6, 6.07) is 1.29. The first-order valence-electron chi connectivity index (χ1n) is 3.62. The van der Waals surface area contributed by atoms with E-state index in [9.17, 15) is 8.78 Å². The summed E-state index contributed by atoms with van der Waals surface area (Å²) in [5, 5.41) is 0.223. The highest BCUT2D eigenvalue weighted by atomic mass is 35.5. The van der Waals surface area contributed by atoms with E-state index < -0.39 is 12.5 Å². The Kier molecular flexibility index (Phi) is 6.14. The van der Waals surface area contributed by atoms with Crippen molar-refractivity contribution >= 4 is 47.2 Å². The molecular formula is C8H7Cl4F2N. The minimum Gasteiger partial charge on any atom is -0.319 e. The molecule has 0 fully saturated rings. The Morgan fingerprint density at radius 2 is 1.53 bits per heavy atom. The van der Waals surface area contributed by atoms with E-state index in [0.29, 0.717) is 0 Å². The van der Waals surface area contributed by atoms with Gasteiger partial charge >= 0.3 is 0 Å². The molecule has 0 aliphatic rings. The molecule has 86 valence electrons. The second kappa shape index (κ2) is 6.06. The third-order valence-electron chi connectivity index (χ3n) is 1.68. The van der Waals surface area contributed by atoms with E-state index in [4.69, 9.17) is 40.5 Å². The monoisotopic (exact) mass is 295 g/mol. The number of rotatable bonds is 2. The maximum absolute atomic E-state index is 12.3. The number of alkyl halides is 2. The van der Waals surface area contributed by atoms with E-state index in [2.05, 4.69) is 0 Å². The van der Waals surface area contributed by atoms with Gasteiger partial charge in [-0.25, -0.2) is 8.78 Å². The number of halogens is 6. The average molecular weight is 297 g/mol. The van der Waals surface area contributed by atoms with Crippen molar-refractivity contribution in [2.45, 2.75) is 12.5 Å². The fourth-order valence-electron chi connectivity index (χ4n) is 0.974. The SMILES string of the molecule is Cl.N[C@H](c1c(Cl)ccc(Cl)c1Cl)C(F)F. The molecule has 1 aromatic carbocycles. The van der Waals surface area contributed by atoms with Crippen LogP contribution in [0.1, 0.15) is 11.6 Å². The van der Waals surface area contributed by atoms with Crippen LogP contribution in [0.2, 0.25) is 15.1 Å². The van der Waals surface area contributed by atoms with E-state index in [-0.39, 0.29) is 33.0 Å². The molecular weight excluding hydrogens is 290 g/mol. The fraction of sp³-hybridized carbons (Fsp3) is 0.250. The molecule has 1 atom stereocenters.